The quantitative estimate of drug-likeness (QED) is 0.806. The van der Waals surface area contributed by atoms with Gasteiger partial charge in [-0.25, -0.2) is 4.98 Å². The van der Waals surface area contributed by atoms with E-state index in [-0.39, 0.29) is 0 Å². The normalized spacial score (nSPS) is 14.8. The van der Waals surface area contributed by atoms with Gasteiger partial charge in [0.1, 0.15) is 0 Å². The zero-order valence-corrected chi connectivity index (χ0v) is 11.5. The van der Waals surface area contributed by atoms with Gasteiger partial charge in [-0.15, -0.1) is 0 Å². The highest BCUT2D eigenvalue weighted by molar-refractivity contribution is 7.17. The van der Waals surface area contributed by atoms with Crippen molar-refractivity contribution in [2.24, 2.45) is 0 Å². The minimum absolute atomic E-state index is 0.294. The molecule has 0 unspecified atom stereocenters. The fraction of sp³-hybridized carbons (Fsp3) is 0.692. The van der Waals surface area contributed by atoms with Crippen LogP contribution in [-0.2, 0) is 6.42 Å². The van der Waals surface area contributed by atoms with Crippen LogP contribution in [0, 0.1) is 0 Å². The molecule has 3 nitrogen and oxygen atoms in total. The van der Waals surface area contributed by atoms with Gasteiger partial charge in [-0.1, -0.05) is 25.2 Å². The zero-order chi connectivity index (χ0) is 12.3. The average Bonchev–Trinajstić information content (AvgIpc) is 2.74. The average molecular weight is 252 g/mol. The number of carbonyl (C=O) groups excluding carboxylic acids is 1. The summed E-state index contributed by atoms with van der Waals surface area (Å²) >= 11 is 1.60. The number of Topliss-reactive ketones (excluding diaryl/α,β-unsaturated/α-hetero) is 1. The summed E-state index contributed by atoms with van der Waals surface area (Å²) in [4.78, 5) is 19.7. The Morgan fingerprint density at radius 2 is 1.94 bits per heavy atom. The Morgan fingerprint density at radius 3 is 2.53 bits per heavy atom. The number of hydrogen-bond donors (Lipinski definition) is 0. The van der Waals surface area contributed by atoms with Gasteiger partial charge in [0.05, 0.1) is 10.6 Å². The molecule has 2 rings (SSSR count). The molecule has 0 N–H and O–H groups in total. The number of nitrogens with zero attached hydrogens (tertiary/aromatic N) is 2. The summed E-state index contributed by atoms with van der Waals surface area (Å²) in [5, 5.41) is 1.05. The van der Waals surface area contributed by atoms with Crippen LogP contribution in [0.15, 0.2) is 0 Å². The largest absolute Gasteiger partial charge is 0.348 e. The molecule has 0 aromatic carbocycles. The molecule has 0 amide bonds. The molecule has 0 fully saturated rings. The van der Waals surface area contributed by atoms with Crippen LogP contribution in [0.4, 0.5) is 5.13 Å². The van der Waals surface area contributed by atoms with Crippen LogP contribution in [0.1, 0.15) is 54.9 Å². The first-order valence-electron chi connectivity index (χ1n) is 6.54. The van der Waals surface area contributed by atoms with E-state index in [1.807, 2.05) is 0 Å². The number of ketones is 1. The lowest BCUT2D eigenvalue weighted by Gasteiger charge is -2.19. The maximum atomic E-state index is 11.8. The first-order valence-corrected chi connectivity index (χ1v) is 7.35. The Labute approximate surface area is 107 Å². The van der Waals surface area contributed by atoms with E-state index in [2.05, 4.69) is 23.7 Å². The molecule has 1 aliphatic rings. The number of anilines is 1. The van der Waals surface area contributed by atoms with Crippen LogP contribution in [0.3, 0.4) is 0 Å². The van der Waals surface area contributed by atoms with E-state index in [1.165, 1.54) is 0 Å². The summed E-state index contributed by atoms with van der Waals surface area (Å²) in [5.74, 6) is 0.294. The molecule has 0 spiro atoms. The van der Waals surface area contributed by atoms with Crippen LogP contribution in [-0.4, -0.2) is 23.9 Å². The van der Waals surface area contributed by atoms with Gasteiger partial charge in [-0.3, -0.25) is 4.79 Å². The predicted molar refractivity (Wildman–Crippen MR) is 72.2 cm³/mol. The molecular weight excluding hydrogens is 232 g/mol. The fourth-order valence-corrected chi connectivity index (χ4v) is 3.37. The molecule has 1 heterocycles. The van der Waals surface area contributed by atoms with Gasteiger partial charge in [-0.05, 0) is 25.7 Å². The summed E-state index contributed by atoms with van der Waals surface area (Å²) < 4.78 is 0. The van der Waals surface area contributed by atoms with Crippen molar-refractivity contribution >= 4 is 22.3 Å². The summed E-state index contributed by atoms with van der Waals surface area (Å²) in [6.45, 7) is 6.44. The molecule has 0 saturated carbocycles. The van der Waals surface area contributed by atoms with Crippen molar-refractivity contribution in [1.82, 2.24) is 4.98 Å². The van der Waals surface area contributed by atoms with Crippen LogP contribution < -0.4 is 4.90 Å². The third-order valence-electron chi connectivity index (χ3n) is 3.01. The third kappa shape index (κ3) is 2.68. The predicted octanol–water partition coefficient (Wildman–Crippen LogP) is 3.29. The molecule has 1 aromatic rings. The van der Waals surface area contributed by atoms with E-state index in [4.69, 9.17) is 0 Å². The van der Waals surface area contributed by atoms with E-state index in [9.17, 15) is 4.79 Å². The second kappa shape index (κ2) is 5.63. The molecule has 1 aromatic heterocycles. The van der Waals surface area contributed by atoms with Gasteiger partial charge in [0.15, 0.2) is 10.9 Å². The Kier molecular flexibility index (Phi) is 4.15. The van der Waals surface area contributed by atoms with E-state index in [0.29, 0.717) is 12.2 Å². The Balaban J connectivity index is 2.22. The minimum atomic E-state index is 0.294. The number of aryl methyl sites for hydroxylation is 1. The number of hydrogen-bond acceptors (Lipinski definition) is 4. The topological polar surface area (TPSA) is 33.2 Å². The molecule has 0 radical (unpaired) electrons. The number of thiazole rings is 1. The lowest BCUT2D eigenvalue weighted by molar-refractivity contribution is 0.0976. The van der Waals surface area contributed by atoms with Crippen LogP contribution in [0.5, 0.6) is 0 Å². The van der Waals surface area contributed by atoms with E-state index >= 15 is 0 Å². The Morgan fingerprint density at radius 1 is 1.24 bits per heavy atom. The summed E-state index contributed by atoms with van der Waals surface area (Å²) in [6, 6.07) is 0. The summed E-state index contributed by atoms with van der Waals surface area (Å²) in [6.07, 6.45) is 4.90. The van der Waals surface area contributed by atoms with Gasteiger partial charge in [0, 0.05) is 19.5 Å². The Bertz CT molecular complexity index is 394. The fourth-order valence-electron chi connectivity index (χ4n) is 2.23. The standard InChI is InChI=1S/C13H20N2OS/c1-3-8-15(9-4-2)13-14-10-6-5-7-11(16)12(10)17-13/h3-9H2,1-2H3. The SMILES string of the molecule is CCCN(CCC)c1nc2c(s1)C(=O)CCC2. The molecule has 1 aliphatic carbocycles. The van der Waals surface area contributed by atoms with Gasteiger partial charge in [0.25, 0.3) is 0 Å². The van der Waals surface area contributed by atoms with E-state index < -0.39 is 0 Å². The van der Waals surface area contributed by atoms with Crippen molar-refractivity contribution < 1.29 is 4.79 Å². The van der Waals surface area contributed by atoms with Crippen molar-refractivity contribution in [1.29, 1.82) is 0 Å². The second-order valence-corrected chi connectivity index (χ2v) is 5.51. The van der Waals surface area contributed by atoms with Crippen LogP contribution in [0.2, 0.25) is 0 Å². The van der Waals surface area contributed by atoms with Gasteiger partial charge >= 0.3 is 0 Å². The van der Waals surface area contributed by atoms with Crippen LogP contribution in [0.25, 0.3) is 0 Å². The molecule has 0 aliphatic heterocycles. The molecular formula is C13H20N2OS. The first-order chi connectivity index (χ1) is 8.26. The molecule has 0 saturated heterocycles. The van der Waals surface area contributed by atoms with Gasteiger partial charge in [-0.2, -0.15) is 0 Å². The number of rotatable bonds is 5. The highest BCUT2D eigenvalue weighted by Gasteiger charge is 2.23. The highest BCUT2D eigenvalue weighted by atomic mass is 32.1. The highest BCUT2D eigenvalue weighted by Crippen LogP contribution is 2.31. The number of aromatic nitrogens is 1. The lowest BCUT2D eigenvalue weighted by atomic mass is 10.0. The molecule has 0 atom stereocenters. The monoisotopic (exact) mass is 252 g/mol. The Hall–Kier alpha value is -0.900. The van der Waals surface area contributed by atoms with Gasteiger partial charge in [0.2, 0.25) is 0 Å². The van der Waals surface area contributed by atoms with Gasteiger partial charge < -0.3 is 4.90 Å². The molecule has 17 heavy (non-hydrogen) atoms. The maximum Gasteiger partial charge on any atom is 0.186 e. The molecule has 0 bridgehead atoms. The van der Waals surface area contributed by atoms with Crippen molar-refractivity contribution in [3.05, 3.63) is 10.6 Å². The third-order valence-corrected chi connectivity index (χ3v) is 4.21. The smallest absolute Gasteiger partial charge is 0.186 e. The van der Waals surface area contributed by atoms with E-state index in [0.717, 1.165) is 54.5 Å². The van der Waals surface area contributed by atoms with E-state index in [1.54, 1.807) is 11.3 Å². The van der Waals surface area contributed by atoms with Crippen molar-refractivity contribution in [3.8, 4) is 0 Å². The number of carbonyl (C=O) groups is 1. The lowest BCUT2D eigenvalue weighted by Crippen LogP contribution is -2.24. The van der Waals surface area contributed by atoms with Crippen molar-refractivity contribution in [3.63, 3.8) is 0 Å². The summed E-state index contributed by atoms with van der Waals surface area (Å²) in [5.41, 5.74) is 1.04. The molecule has 94 valence electrons. The van der Waals surface area contributed by atoms with Crippen LogP contribution >= 0.6 is 11.3 Å². The molecule has 4 heteroatoms. The van der Waals surface area contributed by atoms with Crippen molar-refractivity contribution in [2.75, 3.05) is 18.0 Å². The maximum absolute atomic E-state index is 11.8. The second-order valence-electron chi connectivity index (χ2n) is 4.54. The summed E-state index contributed by atoms with van der Waals surface area (Å²) in [7, 11) is 0. The first kappa shape index (κ1) is 12.6. The minimum Gasteiger partial charge on any atom is -0.348 e. The zero-order valence-electron chi connectivity index (χ0n) is 10.7. The van der Waals surface area contributed by atoms with Crippen molar-refractivity contribution in [2.45, 2.75) is 46.0 Å². The number of fused-ring (bicyclic) bond motifs is 1.